The zero-order valence-corrected chi connectivity index (χ0v) is 17.3. The van der Waals surface area contributed by atoms with Crippen LogP contribution in [0, 0.1) is 0 Å². The maximum Gasteiger partial charge on any atom is 0.337 e. The number of rotatable bonds is 12. The van der Waals surface area contributed by atoms with Gasteiger partial charge < -0.3 is 17.7 Å². The Morgan fingerprint density at radius 2 is 1.29 bits per heavy atom. The van der Waals surface area contributed by atoms with Crippen molar-refractivity contribution in [3.05, 3.63) is 0 Å². The van der Waals surface area contributed by atoms with Crippen molar-refractivity contribution in [2.45, 2.75) is 84.3 Å². The molecule has 0 saturated carbocycles. The Labute approximate surface area is 134 Å². The van der Waals surface area contributed by atoms with Crippen molar-refractivity contribution in [3.8, 4) is 0 Å². The minimum atomic E-state index is -2.11. The quantitative estimate of drug-likeness (QED) is 0.494. The fourth-order valence-electron chi connectivity index (χ4n) is 2.82. The smallest absolute Gasteiger partial charge is 0.337 e. The monoisotopic (exact) mass is 336 g/mol. The lowest BCUT2D eigenvalue weighted by Crippen LogP contribution is -2.44. The molecule has 0 rings (SSSR count). The average Bonchev–Trinajstić information content (AvgIpc) is 2.35. The van der Waals surface area contributed by atoms with Crippen molar-refractivity contribution in [3.63, 3.8) is 0 Å². The molecule has 0 aliphatic carbocycles. The van der Waals surface area contributed by atoms with E-state index in [1.54, 1.807) is 14.2 Å². The van der Waals surface area contributed by atoms with E-state index in [4.69, 9.17) is 17.7 Å². The maximum atomic E-state index is 6.14. The standard InChI is InChI=1S/C15H36O4Si2/c1-9-11-21(16-6,17-7)13-10-12-20(8,18-14(2)3)19-15(4)5/h14-15H,9-13H2,1-8H3. The Hall–Kier alpha value is 0.274. The minimum Gasteiger partial charge on any atom is -0.398 e. The molecule has 0 N–H and O–H groups in total. The van der Waals surface area contributed by atoms with Gasteiger partial charge in [-0.2, -0.15) is 0 Å². The summed E-state index contributed by atoms with van der Waals surface area (Å²) in [6.45, 7) is 12.7. The molecule has 0 heterocycles. The minimum absolute atomic E-state index is 0.211. The van der Waals surface area contributed by atoms with Crippen LogP contribution >= 0.6 is 0 Å². The molecular formula is C15H36O4Si2. The van der Waals surface area contributed by atoms with Crippen LogP contribution in [0.25, 0.3) is 0 Å². The molecule has 0 bridgehead atoms. The van der Waals surface area contributed by atoms with Gasteiger partial charge in [0.2, 0.25) is 0 Å². The fraction of sp³-hybridized carbons (Fsp3) is 1.00. The molecule has 0 unspecified atom stereocenters. The zero-order chi connectivity index (χ0) is 16.5. The topological polar surface area (TPSA) is 36.9 Å². The maximum absolute atomic E-state index is 6.14. The second-order valence-electron chi connectivity index (χ2n) is 6.39. The first-order valence-corrected chi connectivity index (χ1v) is 12.9. The fourth-order valence-corrected chi connectivity index (χ4v) is 8.99. The van der Waals surface area contributed by atoms with Crippen LogP contribution in [0.5, 0.6) is 0 Å². The van der Waals surface area contributed by atoms with E-state index in [-0.39, 0.29) is 12.2 Å². The lowest BCUT2D eigenvalue weighted by atomic mass is 10.5. The highest BCUT2D eigenvalue weighted by atomic mass is 28.4. The molecule has 4 nitrogen and oxygen atoms in total. The molecule has 0 aliphatic rings. The van der Waals surface area contributed by atoms with Crippen LogP contribution in [0.4, 0.5) is 0 Å². The SMILES string of the molecule is CCC[Si](CCC[Si](C)(OC(C)C)OC(C)C)(OC)OC. The van der Waals surface area contributed by atoms with Crippen LogP contribution in [-0.4, -0.2) is 43.5 Å². The van der Waals surface area contributed by atoms with Gasteiger partial charge in [0.15, 0.2) is 0 Å². The Kier molecular flexibility index (Phi) is 10.3. The van der Waals surface area contributed by atoms with Gasteiger partial charge in [-0.1, -0.05) is 13.3 Å². The first-order valence-electron chi connectivity index (χ1n) is 8.18. The molecule has 0 amide bonds. The first-order chi connectivity index (χ1) is 9.72. The molecular weight excluding hydrogens is 300 g/mol. The third kappa shape index (κ3) is 8.47. The molecule has 0 spiro atoms. The van der Waals surface area contributed by atoms with Crippen LogP contribution in [0.2, 0.25) is 24.7 Å². The van der Waals surface area contributed by atoms with Crippen LogP contribution in [-0.2, 0) is 17.7 Å². The molecule has 0 saturated heterocycles. The summed E-state index contributed by atoms with van der Waals surface area (Å²) < 4.78 is 23.8. The average molecular weight is 337 g/mol. The largest absolute Gasteiger partial charge is 0.398 e. The Balaban J connectivity index is 4.59. The van der Waals surface area contributed by atoms with Crippen molar-refractivity contribution < 1.29 is 17.7 Å². The second kappa shape index (κ2) is 10.1. The van der Waals surface area contributed by atoms with Gasteiger partial charge >= 0.3 is 17.1 Å². The van der Waals surface area contributed by atoms with Crippen LogP contribution < -0.4 is 0 Å². The molecule has 0 atom stereocenters. The third-order valence-corrected chi connectivity index (χ3v) is 10.6. The van der Waals surface area contributed by atoms with E-state index in [9.17, 15) is 0 Å². The van der Waals surface area contributed by atoms with Gasteiger partial charge in [-0.05, 0) is 58.8 Å². The zero-order valence-electron chi connectivity index (χ0n) is 15.3. The van der Waals surface area contributed by atoms with E-state index in [1.807, 2.05) is 0 Å². The van der Waals surface area contributed by atoms with E-state index in [2.05, 4.69) is 41.2 Å². The predicted molar refractivity (Wildman–Crippen MR) is 93.2 cm³/mol. The van der Waals surface area contributed by atoms with Crippen LogP contribution in [0.15, 0.2) is 0 Å². The summed E-state index contributed by atoms with van der Waals surface area (Å²) in [7, 11) is -0.547. The number of hydrogen-bond donors (Lipinski definition) is 0. The summed E-state index contributed by atoms with van der Waals surface area (Å²) in [6.07, 6.45) is 2.58. The van der Waals surface area contributed by atoms with E-state index in [0.29, 0.717) is 0 Å². The number of hydrogen-bond acceptors (Lipinski definition) is 4. The van der Waals surface area contributed by atoms with Gasteiger partial charge in [0, 0.05) is 26.4 Å². The molecule has 128 valence electrons. The molecule has 21 heavy (non-hydrogen) atoms. The summed E-state index contributed by atoms with van der Waals surface area (Å²) in [4.78, 5) is 0. The van der Waals surface area contributed by atoms with Gasteiger partial charge in [-0.3, -0.25) is 0 Å². The molecule has 0 aromatic rings. The van der Waals surface area contributed by atoms with Crippen molar-refractivity contribution >= 4 is 17.1 Å². The first kappa shape index (κ1) is 21.3. The Bertz CT molecular complexity index is 258. The van der Waals surface area contributed by atoms with Gasteiger partial charge in [-0.25, -0.2) is 0 Å². The molecule has 0 fully saturated rings. The lowest BCUT2D eigenvalue weighted by Gasteiger charge is -2.32. The van der Waals surface area contributed by atoms with Crippen molar-refractivity contribution in [2.75, 3.05) is 14.2 Å². The highest BCUT2D eigenvalue weighted by Crippen LogP contribution is 2.27. The van der Waals surface area contributed by atoms with Gasteiger partial charge in [0.05, 0.1) is 0 Å². The molecule has 0 radical (unpaired) electrons. The molecule has 0 aliphatic heterocycles. The van der Waals surface area contributed by atoms with Crippen LogP contribution in [0.1, 0.15) is 47.5 Å². The Morgan fingerprint density at radius 1 is 0.810 bits per heavy atom. The summed E-state index contributed by atoms with van der Waals surface area (Å²) in [6, 6.07) is 3.06. The van der Waals surface area contributed by atoms with Crippen molar-refractivity contribution in [2.24, 2.45) is 0 Å². The van der Waals surface area contributed by atoms with Gasteiger partial charge in [-0.15, -0.1) is 0 Å². The summed E-state index contributed by atoms with van der Waals surface area (Å²) in [5.74, 6) is 0. The van der Waals surface area contributed by atoms with E-state index in [0.717, 1.165) is 31.0 Å². The lowest BCUT2D eigenvalue weighted by molar-refractivity contribution is 0.109. The normalized spacial score (nSPS) is 13.4. The van der Waals surface area contributed by atoms with Crippen molar-refractivity contribution in [1.29, 1.82) is 0 Å². The van der Waals surface area contributed by atoms with Crippen molar-refractivity contribution in [1.82, 2.24) is 0 Å². The van der Waals surface area contributed by atoms with Crippen LogP contribution in [0.3, 0.4) is 0 Å². The summed E-state index contributed by atoms with van der Waals surface area (Å²) in [5.41, 5.74) is 0. The molecule has 0 aromatic carbocycles. The predicted octanol–water partition coefficient (Wildman–Crippen LogP) is 4.44. The van der Waals surface area contributed by atoms with E-state index in [1.165, 1.54) is 0 Å². The highest BCUT2D eigenvalue weighted by molar-refractivity contribution is 6.68. The molecule has 6 heteroatoms. The van der Waals surface area contributed by atoms with E-state index < -0.39 is 17.1 Å². The Morgan fingerprint density at radius 3 is 1.62 bits per heavy atom. The van der Waals surface area contributed by atoms with E-state index >= 15 is 0 Å². The van der Waals surface area contributed by atoms with Gasteiger partial charge in [0.25, 0.3) is 0 Å². The second-order valence-corrected chi connectivity index (χ2v) is 13.3. The highest BCUT2D eigenvalue weighted by Gasteiger charge is 2.38. The van der Waals surface area contributed by atoms with Gasteiger partial charge in [0.1, 0.15) is 0 Å². The summed E-state index contributed by atoms with van der Waals surface area (Å²) in [5, 5.41) is 0. The summed E-state index contributed by atoms with van der Waals surface area (Å²) >= 11 is 0. The molecule has 0 aromatic heterocycles. The third-order valence-electron chi connectivity index (χ3n) is 3.53.